The first-order valence-electron chi connectivity index (χ1n) is 8.72. The third-order valence-corrected chi connectivity index (χ3v) is 4.06. The second-order valence-corrected chi connectivity index (χ2v) is 6.44. The van der Waals surface area contributed by atoms with Crippen LogP contribution in [0.4, 0.5) is 16.0 Å². The van der Waals surface area contributed by atoms with E-state index >= 15 is 0 Å². The largest absolute Gasteiger partial charge is 0.334 e. The number of halogens is 1. The van der Waals surface area contributed by atoms with Crippen LogP contribution in [-0.2, 0) is 6.54 Å². The monoisotopic (exact) mass is 364 g/mol. The molecule has 1 heterocycles. The van der Waals surface area contributed by atoms with Crippen LogP contribution in [0.25, 0.3) is 0 Å². The lowest BCUT2D eigenvalue weighted by atomic mass is 10.2. The molecule has 5 nitrogen and oxygen atoms in total. The molecule has 0 saturated carbocycles. The molecule has 0 radical (unpaired) electrons. The number of hydrogen-bond donors (Lipinski definition) is 1. The van der Waals surface area contributed by atoms with Gasteiger partial charge in [0.05, 0.1) is 5.56 Å². The smallest absolute Gasteiger partial charge is 0.258 e. The van der Waals surface area contributed by atoms with Gasteiger partial charge in [0.15, 0.2) is 0 Å². The molecule has 0 saturated heterocycles. The number of anilines is 2. The molecule has 0 aliphatic heterocycles. The van der Waals surface area contributed by atoms with E-state index < -0.39 is 5.82 Å². The summed E-state index contributed by atoms with van der Waals surface area (Å²) in [4.78, 5) is 23.1. The first-order valence-corrected chi connectivity index (χ1v) is 8.72. The highest BCUT2D eigenvalue weighted by Gasteiger charge is 2.15. The van der Waals surface area contributed by atoms with Crippen LogP contribution in [0.1, 0.15) is 29.8 Å². The van der Waals surface area contributed by atoms with Crippen LogP contribution in [-0.4, -0.2) is 21.9 Å². The predicted molar refractivity (Wildman–Crippen MR) is 104 cm³/mol. The van der Waals surface area contributed by atoms with Crippen LogP contribution in [0.5, 0.6) is 0 Å². The maximum Gasteiger partial charge on any atom is 0.258 e. The van der Waals surface area contributed by atoms with Gasteiger partial charge < -0.3 is 10.2 Å². The summed E-state index contributed by atoms with van der Waals surface area (Å²) in [5, 5.41) is 2.64. The predicted octanol–water partition coefficient (Wildman–Crippen LogP) is 4.28. The zero-order valence-corrected chi connectivity index (χ0v) is 15.3. The van der Waals surface area contributed by atoms with Gasteiger partial charge >= 0.3 is 0 Å². The third-order valence-electron chi connectivity index (χ3n) is 4.06. The number of rotatable bonds is 6. The molecule has 3 rings (SSSR count). The van der Waals surface area contributed by atoms with E-state index in [9.17, 15) is 9.18 Å². The zero-order chi connectivity index (χ0) is 19.2. The Morgan fingerprint density at radius 3 is 2.41 bits per heavy atom. The average Bonchev–Trinajstić information content (AvgIpc) is 2.67. The first-order chi connectivity index (χ1) is 13.0. The second kappa shape index (κ2) is 8.40. The topological polar surface area (TPSA) is 58.1 Å². The third kappa shape index (κ3) is 4.88. The van der Waals surface area contributed by atoms with E-state index in [-0.39, 0.29) is 11.9 Å². The van der Waals surface area contributed by atoms with Gasteiger partial charge in [-0.2, -0.15) is 0 Å². The number of nitrogens with zero attached hydrogens (tertiary/aromatic N) is 3. The molecule has 0 aliphatic rings. The summed E-state index contributed by atoms with van der Waals surface area (Å²) in [5.74, 6) is -0.240. The van der Waals surface area contributed by atoms with E-state index in [1.165, 1.54) is 30.6 Å². The van der Waals surface area contributed by atoms with Crippen molar-refractivity contribution in [3.63, 3.8) is 0 Å². The molecule has 0 aliphatic carbocycles. The number of hydrogen-bond acceptors (Lipinski definition) is 4. The molecule has 0 spiro atoms. The Balaban J connectivity index is 1.73. The first kappa shape index (κ1) is 18.5. The highest BCUT2D eigenvalue weighted by atomic mass is 19.1. The Morgan fingerprint density at radius 1 is 1.07 bits per heavy atom. The minimum atomic E-state index is -0.409. The van der Waals surface area contributed by atoms with E-state index in [1.54, 1.807) is 6.07 Å². The molecule has 6 heteroatoms. The minimum absolute atomic E-state index is 0.192. The number of benzene rings is 2. The normalized spacial score (nSPS) is 10.7. The Labute approximate surface area is 157 Å². The van der Waals surface area contributed by atoms with Gasteiger partial charge in [0.25, 0.3) is 5.91 Å². The number of nitrogens with one attached hydrogen (secondary N) is 1. The average molecular weight is 364 g/mol. The van der Waals surface area contributed by atoms with Gasteiger partial charge in [0, 0.05) is 30.7 Å². The summed E-state index contributed by atoms with van der Waals surface area (Å²) in [5.41, 5.74) is 1.85. The van der Waals surface area contributed by atoms with Gasteiger partial charge in [-0.1, -0.05) is 36.4 Å². The van der Waals surface area contributed by atoms with Gasteiger partial charge in [-0.15, -0.1) is 0 Å². The second-order valence-electron chi connectivity index (χ2n) is 6.44. The quantitative estimate of drug-likeness (QED) is 0.709. The van der Waals surface area contributed by atoms with Gasteiger partial charge in [0.1, 0.15) is 5.82 Å². The lowest BCUT2D eigenvalue weighted by molar-refractivity contribution is 0.102. The standard InChI is InChI=1S/C21H21FN4O/c1-15(2)26(14-16-7-4-3-5-8-16)21-23-12-17(13-24-21)20(27)25-19-10-6-9-18(22)11-19/h3-13,15H,14H2,1-2H3,(H,25,27). The summed E-state index contributed by atoms with van der Waals surface area (Å²) in [7, 11) is 0. The van der Waals surface area contributed by atoms with Crippen molar-refractivity contribution in [3.05, 3.63) is 83.9 Å². The Hall–Kier alpha value is -3.28. The zero-order valence-electron chi connectivity index (χ0n) is 15.3. The fraction of sp³-hybridized carbons (Fsp3) is 0.190. The van der Waals surface area contributed by atoms with Crippen LogP contribution in [0, 0.1) is 5.82 Å². The van der Waals surface area contributed by atoms with E-state index in [0.29, 0.717) is 23.7 Å². The summed E-state index contributed by atoms with van der Waals surface area (Å²) >= 11 is 0. The number of carbonyl (C=O) groups excluding carboxylic acids is 1. The molecular weight excluding hydrogens is 343 g/mol. The van der Waals surface area contributed by atoms with Gasteiger partial charge in [-0.25, -0.2) is 14.4 Å². The molecule has 138 valence electrons. The van der Waals surface area contributed by atoms with Crippen molar-refractivity contribution < 1.29 is 9.18 Å². The molecule has 0 atom stereocenters. The maximum atomic E-state index is 13.2. The fourth-order valence-electron chi connectivity index (χ4n) is 2.62. The van der Waals surface area contributed by atoms with Gasteiger partial charge in [-0.05, 0) is 37.6 Å². The van der Waals surface area contributed by atoms with E-state index in [1.807, 2.05) is 18.2 Å². The van der Waals surface area contributed by atoms with Crippen LogP contribution in [0.15, 0.2) is 67.0 Å². The molecule has 2 aromatic carbocycles. The highest BCUT2D eigenvalue weighted by molar-refractivity contribution is 6.03. The van der Waals surface area contributed by atoms with Gasteiger partial charge in [-0.3, -0.25) is 4.79 Å². The Kier molecular flexibility index (Phi) is 5.76. The highest BCUT2D eigenvalue weighted by Crippen LogP contribution is 2.16. The van der Waals surface area contributed by atoms with Gasteiger partial charge in [0.2, 0.25) is 5.95 Å². The fourth-order valence-corrected chi connectivity index (χ4v) is 2.62. The van der Waals surface area contributed by atoms with Crippen molar-refractivity contribution in [1.82, 2.24) is 9.97 Å². The molecule has 0 bridgehead atoms. The molecule has 0 fully saturated rings. The van der Waals surface area contributed by atoms with Crippen molar-refractivity contribution in [2.24, 2.45) is 0 Å². The van der Waals surface area contributed by atoms with Crippen LogP contribution in [0.2, 0.25) is 0 Å². The molecule has 0 unspecified atom stereocenters. The SMILES string of the molecule is CC(C)N(Cc1ccccc1)c1ncc(C(=O)Nc2cccc(F)c2)cn1. The molecule has 1 amide bonds. The van der Waals surface area contributed by atoms with E-state index in [2.05, 4.69) is 46.2 Å². The molecule has 1 N–H and O–H groups in total. The summed E-state index contributed by atoms with van der Waals surface area (Å²) in [6.45, 7) is 4.81. The van der Waals surface area contributed by atoms with Crippen molar-refractivity contribution in [2.75, 3.05) is 10.2 Å². The Morgan fingerprint density at radius 2 is 1.78 bits per heavy atom. The number of aromatic nitrogens is 2. The van der Waals surface area contributed by atoms with Crippen molar-refractivity contribution >= 4 is 17.5 Å². The van der Waals surface area contributed by atoms with Crippen LogP contribution in [0.3, 0.4) is 0 Å². The van der Waals surface area contributed by atoms with Crippen LogP contribution < -0.4 is 10.2 Å². The molecule has 27 heavy (non-hydrogen) atoms. The van der Waals surface area contributed by atoms with E-state index in [0.717, 1.165) is 5.56 Å². The Bertz CT molecular complexity index is 898. The maximum absolute atomic E-state index is 13.2. The van der Waals surface area contributed by atoms with Crippen molar-refractivity contribution in [1.29, 1.82) is 0 Å². The van der Waals surface area contributed by atoms with Crippen molar-refractivity contribution in [2.45, 2.75) is 26.4 Å². The van der Waals surface area contributed by atoms with Crippen LogP contribution >= 0.6 is 0 Å². The molecule has 1 aromatic heterocycles. The number of carbonyl (C=O) groups is 1. The van der Waals surface area contributed by atoms with E-state index in [4.69, 9.17) is 0 Å². The summed E-state index contributed by atoms with van der Waals surface area (Å²) in [6.07, 6.45) is 2.97. The lowest BCUT2D eigenvalue weighted by Gasteiger charge is -2.26. The lowest BCUT2D eigenvalue weighted by Crippen LogP contribution is -2.31. The summed E-state index contributed by atoms with van der Waals surface area (Å²) in [6, 6.07) is 16.0. The molecule has 3 aromatic rings. The summed E-state index contributed by atoms with van der Waals surface area (Å²) < 4.78 is 13.2. The minimum Gasteiger partial charge on any atom is -0.334 e. The molecular formula is C21H21FN4O. The van der Waals surface area contributed by atoms with Crippen molar-refractivity contribution in [3.8, 4) is 0 Å². The number of amides is 1.